The number of hydrogen-bond acceptors (Lipinski definition) is 5. The maximum atomic E-state index is 13.2. The monoisotopic (exact) mass is 441 g/mol. The highest BCUT2D eigenvalue weighted by molar-refractivity contribution is 6.02. The van der Waals surface area contributed by atoms with Crippen LogP contribution in [0, 0.1) is 17.2 Å². The molecule has 1 aromatic carbocycles. The van der Waals surface area contributed by atoms with Crippen molar-refractivity contribution < 1.29 is 23.0 Å². The van der Waals surface area contributed by atoms with E-state index in [1.807, 2.05) is 33.8 Å². The van der Waals surface area contributed by atoms with Gasteiger partial charge in [0.05, 0.1) is 30.5 Å². The van der Waals surface area contributed by atoms with Crippen molar-refractivity contribution in [3.63, 3.8) is 0 Å². The molecule has 0 aliphatic heterocycles. The van der Waals surface area contributed by atoms with Gasteiger partial charge in [0.15, 0.2) is 5.78 Å². The molecule has 2 heterocycles. The van der Waals surface area contributed by atoms with E-state index < -0.39 is 12.0 Å². The van der Waals surface area contributed by atoms with Crippen LogP contribution in [0.3, 0.4) is 0 Å². The molecule has 0 fully saturated rings. The van der Waals surface area contributed by atoms with E-state index in [1.165, 1.54) is 13.2 Å². The third kappa shape index (κ3) is 4.57. The summed E-state index contributed by atoms with van der Waals surface area (Å²) in [5.41, 5.74) is 1.81. The van der Waals surface area contributed by atoms with Crippen LogP contribution in [0.4, 0.5) is 8.78 Å². The number of methoxy groups -OCH3 is 1. The number of nitrogens with zero attached hydrogens (tertiary/aromatic N) is 3. The fourth-order valence-electron chi connectivity index (χ4n) is 3.48. The highest BCUT2D eigenvalue weighted by atomic mass is 19.3. The molecule has 0 saturated heterocycles. The number of ketones is 1. The number of alkyl halides is 2. The van der Waals surface area contributed by atoms with Gasteiger partial charge in [0.25, 0.3) is 0 Å². The Morgan fingerprint density at radius 1 is 1.25 bits per heavy atom. The fraction of sp³-hybridized carbons (Fsp3) is 0.375. The molecule has 32 heavy (non-hydrogen) atoms. The number of aromatic nitrogens is 2. The molecular formula is C24H25F2N3O3. The van der Waals surface area contributed by atoms with E-state index in [-0.39, 0.29) is 35.2 Å². The lowest BCUT2D eigenvalue weighted by atomic mass is 9.87. The number of fused-ring (bicyclic) bond motifs is 1. The van der Waals surface area contributed by atoms with E-state index in [9.17, 15) is 18.8 Å². The lowest BCUT2D eigenvalue weighted by Gasteiger charge is -2.17. The quantitative estimate of drug-likeness (QED) is 0.423. The van der Waals surface area contributed by atoms with E-state index in [4.69, 9.17) is 9.47 Å². The molecule has 0 amide bonds. The molecule has 8 heteroatoms. The van der Waals surface area contributed by atoms with Crippen LogP contribution in [0.15, 0.2) is 36.7 Å². The van der Waals surface area contributed by atoms with Gasteiger partial charge in [-0.3, -0.25) is 9.20 Å². The van der Waals surface area contributed by atoms with Gasteiger partial charge in [-0.15, -0.1) is 0 Å². The first kappa shape index (κ1) is 23.2. The number of ether oxygens (including phenoxy) is 2. The van der Waals surface area contributed by atoms with Crippen LogP contribution in [0.1, 0.15) is 50.0 Å². The zero-order valence-electron chi connectivity index (χ0n) is 18.6. The van der Waals surface area contributed by atoms with Gasteiger partial charge in [-0.05, 0) is 49.6 Å². The SMILES string of the molecule is COc1cc(-c2cnc3cc(C(C)(C)C#N)ccn23)cc(OC(F)F)c1C(=O)CC(C)C. The Morgan fingerprint density at radius 2 is 1.94 bits per heavy atom. The number of halogens is 2. The maximum Gasteiger partial charge on any atom is 0.387 e. The minimum absolute atomic E-state index is 0.00266. The molecule has 0 aliphatic rings. The van der Waals surface area contributed by atoms with Gasteiger partial charge in [0.2, 0.25) is 0 Å². The first-order chi connectivity index (χ1) is 15.1. The topological polar surface area (TPSA) is 76.6 Å². The summed E-state index contributed by atoms with van der Waals surface area (Å²) < 4.78 is 38.2. The smallest absolute Gasteiger partial charge is 0.387 e. The molecule has 3 aromatic rings. The van der Waals surface area contributed by atoms with E-state index in [0.717, 1.165) is 5.56 Å². The Labute approximate surface area is 185 Å². The number of benzene rings is 1. The number of hydrogen-bond donors (Lipinski definition) is 0. The standard InChI is InChI=1S/C24H25F2N3O3/c1-14(2)8-18(30)22-19(31-5)9-15(10-20(22)32-23(25)26)17-12-28-21-11-16(6-7-29(17)21)24(3,4)13-27/h6-7,9-12,14,23H,8H2,1-5H3. The van der Waals surface area contributed by atoms with Crippen molar-refractivity contribution in [1.82, 2.24) is 9.38 Å². The summed E-state index contributed by atoms with van der Waals surface area (Å²) in [6, 6.07) is 8.90. The first-order valence-corrected chi connectivity index (χ1v) is 10.2. The second-order valence-corrected chi connectivity index (χ2v) is 8.48. The average Bonchev–Trinajstić information content (AvgIpc) is 3.15. The second kappa shape index (κ2) is 8.95. The molecule has 0 bridgehead atoms. The molecule has 0 spiro atoms. The Kier molecular flexibility index (Phi) is 6.49. The lowest BCUT2D eigenvalue weighted by molar-refractivity contribution is -0.0502. The summed E-state index contributed by atoms with van der Waals surface area (Å²) in [6.45, 7) is 4.26. The highest BCUT2D eigenvalue weighted by Crippen LogP contribution is 2.38. The predicted molar refractivity (Wildman–Crippen MR) is 116 cm³/mol. The Balaban J connectivity index is 2.17. The molecule has 0 atom stereocenters. The van der Waals surface area contributed by atoms with Gasteiger partial charge in [-0.1, -0.05) is 13.8 Å². The summed E-state index contributed by atoms with van der Waals surface area (Å²) in [5, 5.41) is 9.39. The van der Waals surface area contributed by atoms with Gasteiger partial charge in [0.1, 0.15) is 22.7 Å². The minimum atomic E-state index is -3.10. The van der Waals surface area contributed by atoms with E-state index in [0.29, 0.717) is 16.9 Å². The van der Waals surface area contributed by atoms with Crippen LogP contribution in [-0.4, -0.2) is 28.9 Å². The van der Waals surface area contributed by atoms with Crippen LogP contribution >= 0.6 is 0 Å². The summed E-state index contributed by atoms with van der Waals surface area (Å²) >= 11 is 0. The third-order valence-corrected chi connectivity index (χ3v) is 5.18. The molecule has 0 saturated carbocycles. The molecule has 6 nitrogen and oxygen atoms in total. The Hall–Kier alpha value is -3.47. The maximum absolute atomic E-state index is 13.2. The molecule has 0 unspecified atom stereocenters. The zero-order chi connectivity index (χ0) is 23.6. The Morgan fingerprint density at radius 3 is 2.53 bits per heavy atom. The third-order valence-electron chi connectivity index (χ3n) is 5.18. The molecule has 3 rings (SSSR count). The normalized spacial score (nSPS) is 11.8. The molecule has 168 valence electrons. The lowest BCUT2D eigenvalue weighted by Crippen LogP contribution is -2.14. The van der Waals surface area contributed by atoms with Crippen LogP contribution in [0.2, 0.25) is 0 Å². The predicted octanol–water partition coefficient (Wildman–Crippen LogP) is 5.64. The van der Waals surface area contributed by atoms with Crippen LogP contribution in [0.5, 0.6) is 11.5 Å². The number of carbonyl (C=O) groups is 1. The van der Waals surface area contributed by atoms with Gasteiger partial charge in [0, 0.05) is 18.2 Å². The van der Waals surface area contributed by atoms with Crippen LogP contribution in [0.25, 0.3) is 16.9 Å². The van der Waals surface area contributed by atoms with E-state index in [2.05, 4.69) is 11.1 Å². The molecule has 0 aliphatic carbocycles. The summed E-state index contributed by atoms with van der Waals surface area (Å²) in [6.07, 6.45) is 3.53. The number of Topliss-reactive ketones (excluding diaryl/α,β-unsaturated/α-hetero) is 1. The van der Waals surface area contributed by atoms with Crippen LogP contribution in [-0.2, 0) is 5.41 Å². The number of rotatable bonds is 8. The van der Waals surface area contributed by atoms with Gasteiger partial charge < -0.3 is 9.47 Å². The van der Waals surface area contributed by atoms with Crippen molar-refractivity contribution >= 4 is 11.4 Å². The van der Waals surface area contributed by atoms with Crippen LogP contribution < -0.4 is 9.47 Å². The van der Waals surface area contributed by atoms with Crippen molar-refractivity contribution in [3.05, 3.63) is 47.8 Å². The molecule has 0 N–H and O–H groups in total. The largest absolute Gasteiger partial charge is 0.496 e. The van der Waals surface area contributed by atoms with E-state index in [1.54, 1.807) is 28.9 Å². The summed E-state index contributed by atoms with van der Waals surface area (Å²) in [4.78, 5) is 17.2. The van der Waals surface area contributed by atoms with E-state index >= 15 is 0 Å². The van der Waals surface area contributed by atoms with Gasteiger partial charge in [-0.2, -0.15) is 14.0 Å². The van der Waals surface area contributed by atoms with Gasteiger partial charge in [-0.25, -0.2) is 4.98 Å². The minimum Gasteiger partial charge on any atom is -0.496 e. The van der Waals surface area contributed by atoms with Gasteiger partial charge >= 0.3 is 6.61 Å². The van der Waals surface area contributed by atoms with Crippen molar-refractivity contribution in [2.75, 3.05) is 7.11 Å². The first-order valence-electron chi connectivity index (χ1n) is 10.2. The highest BCUT2D eigenvalue weighted by Gasteiger charge is 2.25. The summed E-state index contributed by atoms with van der Waals surface area (Å²) in [7, 11) is 1.38. The average molecular weight is 441 g/mol. The number of nitriles is 1. The number of imidazole rings is 1. The molecular weight excluding hydrogens is 416 g/mol. The summed E-state index contributed by atoms with van der Waals surface area (Å²) in [5.74, 6) is -0.379. The number of pyridine rings is 1. The van der Waals surface area contributed by atoms with Crippen molar-refractivity contribution in [3.8, 4) is 28.8 Å². The van der Waals surface area contributed by atoms with Crippen molar-refractivity contribution in [2.24, 2.45) is 5.92 Å². The van der Waals surface area contributed by atoms with Crippen molar-refractivity contribution in [1.29, 1.82) is 5.26 Å². The molecule has 0 radical (unpaired) electrons. The zero-order valence-corrected chi connectivity index (χ0v) is 18.6. The molecule has 2 aromatic heterocycles. The van der Waals surface area contributed by atoms with Crippen molar-refractivity contribution in [2.45, 2.75) is 46.1 Å². The number of carbonyl (C=O) groups excluding carboxylic acids is 1. The fourth-order valence-corrected chi connectivity index (χ4v) is 3.48. The second-order valence-electron chi connectivity index (χ2n) is 8.48. The Bertz CT molecular complexity index is 1190.